The van der Waals surface area contributed by atoms with Crippen molar-refractivity contribution in [3.63, 3.8) is 0 Å². The first-order chi connectivity index (χ1) is 17.2. The molecule has 5 rings (SSSR count). The highest BCUT2D eigenvalue weighted by atomic mass is 32.1. The maximum atomic E-state index is 12.2. The Kier molecular flexibility index (Phi) is 7.37. The first kappa shape index (κ1) is 23.5. The summed E-state index contributed by atoms with van der Waals surface area (Å²) in [5.41, 5.74) is 2.30. The first-order valence-electron chi connectivity index (χ1n) is 11.8. The molecule has 4 aromatic rings. The molecule has 0 amide bonds. The zero-order valence-electron chi connectivity index (χ0n) is 19.7. The molecule has 1 fully saturated rings. The summed E-state index contributed by atoms with van der Waals surface area (Å²) in [6.07, 6.45) is 2.52. The molecule has 9 heteroatoms. The third kappa shape index (κ3) is 5.53. The number of hydrogen-bond donors (Lipinski definition) is 1. The number of carbonyl (C=O) groups is 1. The molecular weight excluding hydrogens is 464 g/mol. The van der Waals surface area contributed by atoms with E-state index in [0.717, 1.165) is 77.5 Å². The van der Waals surface area contributed by atoms with E-state index in [1.54, 1.807) is 6.33 Å². The summed E-state index contributed by atoms with van der Waals surface area (Å²) < 4.78 is 17.5. The zero-order valence-corrected chi connectivity index (χ0v) is 20.5. The van der Waals surface area contributed by atoms with E-state index < -0.39 is 0 Å². The van der Waals surface area contributed by atoms with Crippen LogP contribution < -0.4 is 10.1 Å². The number of hydrogen-bond acceptors (Lipinski definition) is 9. The predicted molar refractivity (Wildman–Crippen MR) is 138 cm³/mol. The number of thiophene rings is 1. The van der Waals surface area contributed by atoms with Crippen LogP contribution in [0.3, 0.4) is 0 Å². The zero-order chi connectivity index (χ0) is 24.0. The van der Waals surface area contributed by atoms with E-state index in [2.05, 4.69) is 20.2 Å². The van der Waals surface area contributed by atoms with Crippen molar-refractivity contribution in [1.29, 1.82) is 0 Å². The van der Waals surface area contributed by atoms with Crippen LogP contribution in [0.15, 0.2) is 48.1 Å². The number of aromatic nitrogens is 2. The molecule has 1 aliphatic heterocycles. The van der Waals surface area contributed by atoms with E-state index in [0.29, 0.717) is 18.8 Å². The number of fused-ring (bicyclic) bond motifs is 2. The lowest BCUT2D eigenvalue weighted by Gasteiger charge is -2.26. The molecule has 0 saturated carbocycles. The van der Waals surface area contributed by atoms with Crippen molar-refractivity contribution in [2.45, 2.75) is 13.3 Å². The fraction of sp³-hybridized carbons (Fsp3) is 0.346. The standard InChI is InChI=1S/C26H28N4O4S/c1-2-33-26(31)22-16-35-24-14-18(4-6-20(22)24)29-25-21-7-5-19(15-23(21)27-17-28-25)34-11-3-8-30-9-12-32-13-10-30/h4-7,14-17H,2-3,8-13H2,1H3,(H,27,28,29). The lowest BCUT2D eigenvalue weighted by molar-refractivity contribution is 0.0358. The maximum absolute atomic E-state index is 12.2. The quantitative estimate of drug-likeness (QED) is 0.262. The molecule has 182 valence electrons. The smallest absolute Gasteiger partial charge is 0.339 e. The van der Waals surface area contributed by atoms with Gasteiger partial charge in [0.15, 0.2) is 0 Å². The number of morpholine rings is 1. The predicted octanol–water partition coefficient (Wildman–Crippen LogP) is 4.87. The van der Waals surface area contributed by atoms with Crippen molar-refractivity contribution in [3.8, 4) is 5.75 Å². The Morgan fingerprint density at radius 3 is 2.86 bits per heavy atom. The Hall–Kier alpha value is -3.27. The Morgan fingerprint density at radius 1 is 1.14 bits per heavy atom. The monoisotopic (exact) mass is 492 g/mol. The minimum absolute atomic E-state index is 0.291. The van der Waals surface area contributed by atoms with Crippen LogP contribution in [0.5, 0.6) is 5.75 Å². The SMILES string of the molecule is CCOC(=O)c1csc2cc(Nc3ncnc4cc(OCCCN5CCOCC5)ccc34)ccc12. The summed E-state index contributed by atoms with van der Waals surface area (Å²) in [7, 11) is 0. The summed E-state index contributed by atoms with van der Waals surface area (Å²) in [5.74, 6) is 1.23. The highest BCUT2D eigenvalue weighted by molar-refractivity contribution is 7.17. The fourth-order valence-corrected chi connectivity index (χ4v) is 5.11. The van der Waals surface area contributed by atoms with E-state index in [1.807, 2.05) is 48.7 Å². The second-order valence-corrected chi connectivity index (χ2v) is 9.17. The number of ether oxygens (including phenoxy) is 3. The Morgan fingerprint density at radius 2 is 2.00 bits per heavy atom. The summed E-state index contributed by atoms with van der Waals surface area (Å²) in [5, 5.41) is 7.04. The van der Waals surface area contributed by atoms with Gasteiger partial charge in [0.25, 0.3) is 0 Å². The molecule has 2 aromatic carbocycles. The molecule has 1 saturated heterocycles. The number of carbonyl (C=O) groups excluding carboxylic acids is 1. The van der Waals surface area contributed by atoms with Crippen LogP contribution in [0.25, 0.3) is 21.0 Å². The lowest BCUT2D eigenvalue weighted by atomic mass is 10.1. The first-order valence-corrected chi connectivity index (χ1v) is 12.7. The molecular formula is C26H28N4O4S. The lowest BCUT2D eigenvalue weighted by Crippen LogP contribution is -2.37. The van der Waals surface area contributed by atoms with Crippen molar-refractivity contribution < 1.29 is 19.0 Å². The van der Waals surface area contributed by atoms with Crippen molar-refractivity contribution in [2.75, 3.05) is 51.4 Å². The van der Waals surface area contributed by atoms with Crippen LogP contribution in [-0.2, 0) is 9.47 Å². The Labute approximate surface area is 207 Å². The van der Waals surface area contributed by atoms with Gasteiger partial charge in [-0.3, -0.25) is 4.90 Å². The maximum Gasteiger partial charge on any atom is 0.339 e. The normalized spacial score (nSPS) is 14.3. The van der Waals surface area contributed by atoms with E-state index in [-0.39, 0.29) is 5.97 Å². The van der Waals surface area contributed by atoms with Gasteiger partial charge in [-0.15, -0.1) is 11.3 Å². The van der Waals surface area contributed by atoms with Crippen LogP contribution in [0.4, 0.5) is 11.5 Å². The van der Waals surface area contributed by atoms with Crippen LogP contribution in [0.2, 0.25) is 0 Å². The van der Waals surface area contributed by atoms with Crippen molar-refractivity contribution in [3.05, 3.63) is 53.7 Å². The fourth-order valence-electron chi connectivity index (χ4n) is 4.14. The second-order valence-electron chi connectivity index (χ2n) is 8.26. The molecule has 0 aliphatic carbocycles. The second kappa shape index (κ2) is 11.0. The van der Waals surface area contributed by atoms with Gasteiger partial charge in [-0.25, -0.2) is 14.8 Å². The molecule has 2 aromatic heterocycles. The van der Waals surface area contributed by atoms with Gasteiger partial charge in [0.2, 0.25) is 0 Å². The van der Waals surface area contributed by atoms with Crippen LogP contribution in [-0.4, -0.2) is 66.9 Å². The van der Waals surface area contributed by atoms with Gasteiger partial charge in [0.1, 0.15) is 17.9 Å². The van der Waals surface area contributed by atoms with E-state index >= 15 is 0 Å². The van der Waals surface area contributed by atoms with Crippen molar-refractivity contribution >= 4 is 49.8 Å². The minimum atomic E-state index is -0.291. The summed E-state index contributed by atoms with van der Waals surface area (Å²) >= 11 is 1.52. The molecule has 0 unspecified atom stereocenters. The van der Waals surface area contributed by atoms with Crippen LogP contribution in [0.1, 0.15) is 23.7 Å². The third-order valence-corrected chi connectivity index (χ3v) is 6.88. The largest absolute Gasteiger partial charge is 0.493 e. The van der Waals surface area contributed by atoms with Crippen molar-refractivity contribution in [1.82, 2.24) is 14.9 Å². The molecule has 0 radical (unpaired) electrons. The summed E-state index contributed by atoms with van der Waals surface area (Å²) in [4.78, 5) is 23.4. The van der Waals surface area contributed by atoms with E-state index in [1.165, 1.54) is 11.3 Å². The molecule has 35 heavy (non-hydrogen) atoms. The number of benzene rings is 2. The molecule has 1 aliphatic rings. The molecule has 3 heterocycles. The number of anilines is 2. The molecule has 8 nitrogen and oxygen atoms in total. The summed E-state index contributed by atoms with van der Waals surface area (Å²) in [6.45, 7) is 7.47. The number of esters is 1. The topological polar surface area (TPSA) is 85.8 Å². The highest BCUT2D eigenvalue weighted by Gasteiger charge is 2.14. The van der Waals surface area contributed by atoms with E-state index in [4.69, 9.17) is 14.2 Å². The Balaban J connectivity index is 1.25. The third-order valence-electron chi connectivity index (χ3n) is 5.93. The van der Waals surface area contributed by atoms with E-state index in [9.17, 15) is 4.79 Å². The molecule has 0 spiro atoms. The van der Waals surface area contributed by atoms with Crippen LogP contribution >= 0.6 is 11.3 Å². The molecule has 1 N–H and O–H groups in total. The minimum Gasteiger partial charge on any atom is -0.493 e. The average molecular weight is 493 g/mol. The highest BCUT2D eigenvalue weighted by Crippen LogP contribution is 2.32. The van der Waals surface area contributed by atoms with Gasteiger partial charge in [-0.1, -0.05) is 6.07 Å². The molecule has 0 atom stereocenters. The van der Waals surface area contributed by atoms with Crippen LogP contribution in [0, 0.1) is 0 Å². The number of nitrogens with one attached hydrogen (secondary N) is 1. The number of rotatable bonds is 9. The average Bonchev–Trinajstić information content (AvgIpc) is 3.31. The van der Waals surface area contributed by atoms with Crippen molar-refractivity contribution in [2.24, 2.45) is 0 Å². The van der Waals surface area contributed by atoms with Gasteiger partial charge in [0, 0.05) is 52.2 Å². The van der Waals surface area contributed by atoms with Gasteiger partial charge in [-0.05, 0) is 37.6 Å². The molecule has 0 bridgehead atoms. The van der Waals surface area contributed by atoms with Gasteiger partial charge in [-0.2, -0.15) is 0 Å². The van der Waals surface area contributed by atoms with Gasteiger partial charge in [0.05, 0.1) is 37.5 Å². The number of nitrogens with zero attached hydrogens (tertiary/aromatic N) is 3. The Bertz CT molecular complexity index is 1320. The van der Waals surface area contributed by atoms with Gasteiger partial charge < -0.3 is 19.5 Å². The van der Waals surface area contributed by atoms with Gasteiger partial charge >= 0.3 is 5.97 Å². The summed E-state index contributed by atoms with van der Waals surface area (Å²) in [6, 6.07) is 11.8.